The fourth-order valence-electron chi connectivity index (χ4n) is 2.52. The van der Waals surface area contributed by atoms with Crippen molar-refractivity contribution in [1.29, 1.82) is 0 Å². The maximum atomic E-state index is 13.8. The average molecular weight is 298 g/mol. The summed E-state index contributed by atoms with van der Waals surface area (Å²) in [6, 6.07) is 11.1. The third-order valence-electron chi connectivity index (χ3n) is 4.32. The third kappa shape index (κ3) is 3.27. The molecule has 116 valence electrons. The summed E-state index contributed by atoms with van der Waals surface area (Å²) in [4.78, 5) is 12.6. The van der Waals surface area contributed by atoms with Gasteiger partial charge in [0, 0.05) is 11.5 Å². The highest BCUT2D eigenvalue weighted by atomic mass is 19.1. The molecule has 0 amide bonds. The smallest absolute Gasteiger partial charge is 0.165 e. The summed E-state index contributed by atoms with van der Waals surface area (Å²) in [5, 5.41) is 0. The lowest BCUT2D eigenvalue weighted by Gasteiger charge is -2.14. The minimum Gasteiger partial charge on any atom is -0.294 e. The van der Waals surface area contributed by atoms with E-state index in [9.17, 15) is 9.18 Å². The van der Waals surface area contributed by atoms with Gasteiger partial charge in [0.05, 0.1) is 0 Å². The summed E-state index contributed by atoms with van der Waals surface area (Å²) in [6.45, 7) is 7.78. The maximum Gasteiger partial charge on any atom is 0.165 e. The summed E-state index contributed by atoms with van der Waals surface area (Å²) in [6.07, 6.45) is 1.64. The van der Waals surface area contributed by atoms with E-state index in [1.54, 1.807) is 13.0 Å². The molecule has 0 aliphatic heterocycles. The topological polar surface area (TPSA) is 17.1 Å². The first-order valence-electron chi connectivity index (χ1n) is 7.91. The fraction of sp³-hybridized carbons (Fsp3) is 0.350. The Labute approximate surface area is 132 Å². The number of benzene rings is 2. The Morgan fingerprint density at radius 3 is 2.32 bits per heavy atom. The molecule has 2 rings (SSSR count). The van der Waals surface area contributed by atoms with Crippen LogP contribution in [0, 0.1) is 18.7 Å². The Balaban J connectivity index is 2.50. The van der Waals surface area contributed by atoms with Crippen LogP contribution in [0.3, 0.4) is 0 Å². The van der Waals surface area contributed by atoms with Crippen molar-refractivity contribution in [1.82, 2.24) is 0 Å². The van der Waals surface area contributed by atoms with Gasteiger partial charge in [-0.2, -0.15) is 0 Å². The fourth-order valence-corrected chi connectivity index (χ4v) is 2.52. The van der Waals surface area contributed by atoms with Crippen molar-refractivity contribution in [3.8, 4) is 11.1 Å². The number of aryl methyl sites for hydroxylation is 2. The Morgan fingerprint density at radius 1 is 1.09 bits per heavy atom. The molecule has 0 N–H and O–H groups in total. The van der Waals surface area contributed by atoms with E-state index in [1.165, 1.54) is 6.07 Å². The van der Waals surface area contributed by atoms with Crippen LogP contribution in [0.2, 0.25) is 0 Å². The summed E-state index contributed by atoms with van der Waals surface area (Å²) >= 11 is 0. The van der Waals surface area contributed by atoms with Crippen molar-refractivity contribution < 1.29 is 9.18 Å². The first-order valence-corrected chi connectivity index (χ1v) is 7.91. The van der Waals surface area contributed by atoms with Gasteiger partial charge < -0.3 is 0 Å². The first-order chi connectivity index (χ1) is 10.5. The Bertz CT molecular complexity index is 688. The Morgan fingerprint density at radius 2 is 1.73 bits per heavy atom. The zero-order chi connectivity index (χ0) is 16.3. The van der Waals surface area contributed by atoms with Crippen molar-refractivity contribution >= 4 is 5.78 Å². The Kier molecular flexibility index (Phi) is 5.12. The van der Waals surface area contributed by atoms with Gasteiger partial charge in [-0.25, -0.2) is 4.39 Å². The normalized spacial score (nSPS) is 12.2. The first kappa shape index (κ1) is 16.4. The second kappa shape index (κ2) is 6.87. The van der Waals surface area contributed by atoms with Crippen molar-refractivity contribution in [2.24, 2.45) is 5.92 Å². The van der Waals surface area contributed by atoms with Crippen LogP contribution < -0.4 is 0 Å². The summed E-state index contributed by atoms with van der Waals surface area (Å²) in [5.41, 5.74) is 4.16. The zero-order valence-corrected chi connectivity index (χ0v) is 13.7. The Hall–Kier alpha value is -1.96. The van der Waals surface area contributed by atoms with E-state index in [2.05, 4.69) is 0 Å². The molecule has 2 aromatic rings. The van der Waals surface area contributed by atoms with E-state index >= 15 is 0 Å². The molecule has 1 atom stereocenters. The molecule has 0 bridgehead atoms. The van der Waals surface area contributed by atoms with E-state index in [-0.39, 0.29) is 17.5 Å². The number of hydrogen-bond acceptors (Lipinski definition) is 1. The van der Waals surface area contributed by atoms with Gasteiger partial charge in [-0.1, -0.05) is 45.0 Å². The van der Waals surface area contributed by atoms with Crippen molar-refractivity contribution in [3.05, 3.63) is 58.9 Å². The molecule has 0 aliphatic rings. The molecule has 0 aliphatic carbocycles. The molecule has 0 saturated heterocycles. The van der Waals surface area contributed by atoms with Crippen LogP contribution in [0.4, 0.5) is 4.39 Å². The minimum absolute atomic E-state index is 0.00954. The molecule has 0 heterocycles. The number of carbonyl (C=O) groups excluding carboxylic acids is 1. The van der Waals surface area contributed by atoms with Crippen molar-refractivity contribution in [2.45, 2.75) is 40.5 Å². The molecule has 2 heteroatoms. The number of hydrogen-bond donors (Lipinski definition) is 0. The third-order valence-corrected chi connectivity index (χ3v) is 4.32. The van der Waals surface area contributed by atoms with Gasteiger partial charge >= 0.3 is 0 Å². The molecule has 1 unspecified atom stereocenters. The molecule has 2 aromatic carbocycles. The molecule has 0 aromatic heterocycles. The summed E-state index contributed by atoms with van der Waals surface area (Å²) < 4.78 is 13.8. The quantitative estimate of drug-likeness (QED) is 0.657. The van der Waals surface area contributed by atoms with Crippen molar-refractivity contribution in [2.75, 3.05) is 0 Å². The minimum atomic E-state index is -0.216. The molecular formula is C20H23FO. The second-order valence-corrected chi connectivity index (χ2v) is 5.86. The lowest BCUT2D eigenvalue weighted by molar-refractivity contribution is 0.0926. The van der Waals surface area contributed by atoms with Crippen molar-refractivity contribution in [3.63, 3.8) is 0 Å². The van der Waals surface area contributed by atoms with Gasteiger partial charge in [0.15, 0.2) is 5.78 Å². The van der Waals surface area contributed by atoms with Gasteiger partial charge in [0.1, 0.15) is 5.82 Å². The zero-order valence-electron chi connectivity index (χ0n) is 13.7. The van der Waals surface area contributed by atoms with Crippen LogP contribution in [0.15, 0.2) is 36.4 Å². The molecule has 0 saturated carbocycles. The standard InChI is InChI=1S/C20H23FO/c1-5-13(3)20(22)18-11-16(10-9-15(18)6-2)17-8-7-14(4)19(21)12-17/h7-13H,5-6H2,1-4H3. The maximum absolute atomic E-state index is 13.8. The lowest BCUT2D eigenvalue weighted by atomic mass is 9.90. The van der Waals surface area contributed by atoms with Gasteiger partial charge in [-0.05, 0) is 54.2 Å². The van der Waals surface area contributed by atoms with Crippen LogP contribution in [0.5, 0.6) is 0 Å². The van der Waals surface area contributed by atoms with Crippen LogP contribution in [-0.2, 0) is 6.42 Å². The molecule has 22 heavy (non-hydrogen) atoms. The van der Waals surface area contributed by atoms with Gasteiger partial charge in [-0.15, -0.1) is 0 Å². The number of rotatable bonds is 5. The molecule has 0 radical (unpaired) electrons. The van der Waals surface area contributed by atoms with Crippen LogP contribution in [-0.4, -0.2) is 5.78 Å². The number of carbonyl (C=O) groups is 1. The second-order valence-electron chi connectivity index (χ2n) is 5.86. The van der Waals surface area contributed by atoms with Gasteiger partial charge in [-0.3, -0.25) is 4.79 Å². The summed E-state index contributed by atoms with van der Waals surface area (Å²) in [7, 11) is 0. The largest absolute Gasteiger partial charge is 0.294 e. The average Bonchev–Trinajstić information content (AvgIpc) is 2.55. The van der Waals surface area contributed by atoms with Gasteiger partial charge in [0.25, 0.3) is 0 Å². The lowest BCUT2D eigenvalue weighted by Crippen LogP contribution is -2.12. The number of ketones is 1. The van der Waals surface area contributed by atoms with Crippen LogP contribution >= 0.6 is 0 Å². The molecular weight excluding hydrogens is 275 g/mol. The van der Waals surface area contributed by atoms with E-state index in [1.807, 2.05) is 45.0 Å². The monoisotopic (exact) mass is 298 g/mol. The van der Waals surface area contributed by atoms with E-state index < -0.39 is 0 Å². The van der Waals surface area contributed by atoms with E-state index in [4.69, 9.17) is 0 Å². The summed E-state index contributed by atoms with van der Waals surface area (Å²) in [5.74, 6) is -0.0315. The van der Waals surface area contributed by atoms with Crippen LogP contribution in [0.1, 0.15) is 48.7 Å². The predicted octanol–water partition coefficient (Wildman–Crippen LogP) is 5.59. The highest BCUT2D eigenvalue weighted by Gasteiger charge is 2.17. The van der Waals surface area contributed by atoms with E-state index in [0.717, 1.165) is 35.1 Å². The van der Waals surface area contributed by atoms with Gasteiger partial charge in [0.2, 0.25) is 0 Å². The SMILES string of the molecule is CCc1ccc(-c2ccc(C)c(F)c2)cc1C(=O)C(C)CC. The highest BCUT2D eigenvalue weighted by Crippen LogP contribution is 2.26. The van der Waals surface area contributed by atoms with E-state index in [0.29, 0.717) is 5.56 Å². The predicted molar refractivity (Wildman–Crippen MR) is 89.7 cm³/mol. The number of Topliss-reactive ketones (excluding diaryl/α,β-unsaturated/α-hetero) is 1. The van der Waals surface area contributed by atoms with Crippen LogP contribution in [0.25, 0.3) is 11.1 Å². The molecule has 0 fully saturated rings. The highest BCUT2D eigenvalue weighted by molar-refractivity contribution is 6.00. The molecule has 0 spiro atoms. The number of halogens is 1. The molecule has 1 nitrogen and oxygen atoms in total.